The zero-order valence-corrected chi connectivity index (χ0v) is 32.9. The van der Waals surface area contributed by atoms with Gasteiger partial charge < -0.3 is 9.13 Å². The van der Waals surface area contributed by atoms with Crippen LogP contribution in [-0.4, -0.2) is 14.1 Å². The molecule has 3 aromatic heterocycles. The molecule has 0 radical (unpaired) electrons. The minimum atomic E-state index is -0.214. The number of hydrogen-bond acceptors (Lipinski definition) is 1. The quantitative estimate of drug-likeness (QED) is 0.172. The van der Waals surface area contributed by atoms with E-state index in [9.17, 15) is 0 Å². The first kappa shape index (κ1) is 33.6. The number of para-hydroxylation sites is 3. The predicted molar refractivity (Wildman–Crippen MR) is 247 cm³/mol. The summed E-state index contributed by atoms with van der Waals surface area (Å²) in [5, 5.41) is 5.15. The second kappa shape index (κ2) is 12.8. The zero-order chi connectivity index (χ0) is 39.2. The van der Waals surface area contributed by atoms with Crippen LogP contribution in [0.4, 0.5) is 0 Å². The van der Waals surface area contributed by atoms with Crippen molar-refractivity contribution in [2.75, 3.05) is 0 Å². The molecule has 0 N–H and O–H groups in total. The van der Waals surface area contributed by atoms with Gasteiger partial charge in [-0.2, -0.15) is 0 Å². The number of nitrogens with zero attached hydrogens (tertiary/aromatic N) is 3. The Morgan fingerprint density at radius 1 is 0.407 bits per heavy atom. The van der Waals surface area contributed by atoms with E-state index in [1.165, 1.54) is 71.4 Å². The van der Waals surface area contributed by atoms with Crippen LogP contribution in [0, 0.1) is 0 Å². The van der Waals surface area contributed by atoms with Gasteiger partial charge in [-0.25, -0.2) is 4.98 Å². The second-order valence-electron chi connectivity index (χ2n) is 16.3. The van der Waals surface area contributed by atoms with Crippen LogP contribution in [0.3, 0.4) is 0 Å². The van der Waals surface area contributed by atoms with Gasteiger partial charge in [-0.1, -0.05) is 166 Å². The summed E-state index contributed by atoms with van der Waals surface area (Å²) in [6.45, 7) is 4.83. The van der Waals surface area contributed by atoms with E-state index in [0.717, 1.165) is 39.5 Å². The van der Waals surface area contributed by atoms with E-state index in [0.29, 0.717) is 0 Å². The number of hydrogen-bond donors (Lipinski definition) is 0. The third kappa shape index (κ3) is 4.91. The summed E-state index contributed by atoms with van der Waals surface area (Å²) >= 11 is 0. The average Bonchev–Trinajstić information content (AvgIpc) is 3.90. The lowest BCUT2D eigenvalue weighted by Crippen LogP contribution is -2.15. The van der Waals surface area contributed by atoms with E-state index in [1.807, 2.05) is 0 Å². The molecule has 0 aliphatic heterocycles. The first-order chi connectivity index (χ1) is 29.1. The standard InChI is InChI=1S/C56H39N3/c1-56(2)45-27-15-12-24-42(45)50-51-43-25-13-16-28-48(43)59(54(51)55-52(53(50)56)44-26-14-17-29-49(44)58(55)40-22-10-5-11-23-40)41-32-30-38(31-33-41)47-35-39(36-18-6-3-7-19-36)34-46(57-47)37-20-8-4-9-21-37/h3-35H,1-2H3. The van der Waals surface area contributed by atoms with Crippen molar-refractivity contribution in [2.45, 2.75) is 19.3 Å². The monoisotopic (exact) mass is 753 g/mol. The first-order valence-electron chi connectivity index (χ1n) is 20.5. The van der Waals surface area contributed by atoms with Gasteiger partial charge in [0.05, 0.1) is 33.5 Å². The summed E-state index contributed by atoms with van der Waals surface area (Å²) in [5.74, 6) is 0. The number of rotatable bonds is 5. The highest BCUT2D eigenvalue weighted by atomic mass is 15.0. The molecule has 0 amide bonds. The van der Waals surface area contributed by atoms with Crippen molar-refractivity contribution in [3.8, 4) is 56.1 Å². The summed E-state index contributed by atoms with van der Waals surface area (Å²) in [5.41, 5.74) is 18.8. The molecular formula is C56H39N3. The van der Waals surface area contributed by atoms with E-state index in [-0.39, 0.29) is 5.41 Å². The molecule has 0 bridgehead atoms. The molecule has 0 atom stereocenters. The van der Waals surface area contributed by atoms with Crippen molar-refractivity contribution in [3.63, 3.8) is 0 Å². The van der Waals surface area contributed by atoms with Crippen LogP contribution < -0.4 is 0 Å². The number of benzene rings is 8. The van der Waals surface area contributed by atoms with E-state index in [2.05, 4.69) is 223 Å². The highest BCUT2D eigenvalue weighted by Crippen LogP contribution is 2.58. The summed E-state index contributed by atoms with van der Waals surface area (Å²) in [7, 11) is 0. The van der Waals surface area contributed by atoms with E-state index in [4.69, 9.17) is 4.98 Å². The minimum Gasteiger partial charge on any atom is -0.307 e. The van der Waals surface area contributed by atoms with Crippen molar-refractivity contribution in [1.29, 1.82) is 0 Å². The van der Waals surface area contributed by atoms with E-state index >= 15 is 0 Å². The van der Waals surface area contributed by atoms with Crippen LogP contribution in [0.2, 0.25) is 0 Å². The smallest absolute Gasteiger partial charge is 0.0795 e. The highest BCUT2D eigenvalue weighted by Gasteiger charge is 2.41. The maximum atomic E-state index is 5.27. The van der Waals surface area contributed by atoms with Crippen LogP contribution >= 0.6 is 0 Å². The Bertz CT molecular complexity index is 3370. The SMILES string of the molecule is CC1(C)c2ccccc2-c2c1c1c3ccccc3n(-c3ccccc3)c1c1c2c2ccccc2n1-c1ccc(-c2cc(-c3ccccc3)cc(-c3ccccc3)n2)cc1. The Morgan fingerprint density at radius 3 is 1.53 bits per heavy atom. The molecule has 0 saturated carbocycles. The van der Waals surface area contributed by atoms with Gasteiger partial charge in [0.15, 0.2) is 0 Å². The summed E-state index contributed by atoms with van der Waals surface area (Å²) in [4.78, 5) is 5.27. The number of pyridine rings is 1. The molecule has 11 aromatic rings. The van der Waals surface area contributed by atoms with Crippen LogP contribution in [0.25, 0.3) is 99.8 Å². The van der Waals surface area contributed by atoms with Gasteiger partial charge in [0, 0.05) is 49.5 Å². The summed E-state index contributed by atoms with van der Waals surface area (Å²) < 4.78 is 5.03. The van der Waals surface area contributed by atoms with Gasteiger partial charge in [0.25, 0.3) is 0 Å². The Labute approximate surface area is 343 Å². The van der Waals surface area contributed by atoms with Crippen molar-refractivity contribution < 1.29 is 0 Å². The molecule has 1 aliphatic rings. The largest absolute Gasteiger partial charge is 0.307 e. The lowest BCUT2D eigenvalue weighted by Gasteiger charge is -2.23. The fourth-order valence-corrected chi connectivity index (χ4v) is 10.1. The normalized spacial score (nSPS) is 13.1. The van der Waals surface area contributed by atoms with Crippen LogP contribution in [0.5, 0.6) is 0 Å². The Morgan fingerprint density at radius 2 is 0.881 bits per heavy atom. The predicted octanol–water partition coefficient (Wildman–Crippen LogP) is 14.6. The van der Waals surface area contributed by atoms with E-state index in [1.54, 1.807) is 0 Å². The van der Waals surface area contributed by atoms with Crippen molar-refractivity contribution >= 4 is 43.6 Å². The molecule has 3 nitrogen and oxygen atoms in total. The Hall–Kier alpha value is -7.49. The molecule has 59 heavy (non-hydrogen) atoms. The molecule has 12 rings (SSSR count). The van der Waals surface area contributed by atoms with Crippen molar-refractivity contribution in [2.24, 2.45) is 0 Å². The molecule has 278 valence electrons. The number of aromatic nitrogens is 3. The molecule has 3 heterocycles. The van der Waals surface area contributed by atoms with Crippen LogP contribution in [0.1, 0.15) is 25.0 Å². The topological polar surface area (TPSA) is 22.8 Å². The third-order valence-corrected chi connectivity index (χ3v) is 12.7. The van der Waals surface area contributed by atoms with Crippen LogP contribution in [-0.2, 0) is 5.41 Å². The molecule has 3 heteroatoms. The number of fused-ring (bicyclic) bond motifs is 12. The Balaban J connectivity index is 1.18. The van der Waals surface area contributed by atoms with Crippen molar-refractivity contribution in [1.82, 2.24) is 14.1 Å². The van der Waals surface area contributed by atoms with Gasteiger partial charge in [0.1, 0.15) is 0 Å². The molecular weight excluding hydrogens is 715 g/mol. The fourth-order valence-electron chi connectivity index (χ4n) is 10.1. The van der Waals surface area contributed by atoms with Gasteiger partial charge in [-0.15, -0.1) is 0 Å². The fraction of sp³-hybridized carbons (Fsp3) is 0.0536. The molecule has 0 saturated heterocycles. The lowest BCUT2D eigenvalue weighted by atomic mass is 9.80. The minimum absolute atomic E-state index is 0.214. The van der Waals surface area contributed by atoms with Gasteiger partial charge in [0.2, 0.25) is 0 Å². The zero-order valence-electron chi connectivity index (χ0n) is 32.9. The first-order valence-corrected chi connectivity index (χ1v) is 20.5. The highest BCUT2D eigenvalue weighted by molar-refractivity contribution is 6.31. The van der Waals surface area contributed by atoms with Gasteiger partial charge >= 0.3 is 0 Å². The summed E-state index contributed by atoms with van der Waals surface area (Å²) in [6, 6.07) is 72.5. The van der Waals surface area contributed by atoms with Crippen molar-refractivity contribution in [3.05, 3.63) is 211 Å². The van der Waals surface area contributed by atoms with Crippen LogP contribution in [0.15, 0.2) is 200 Å². The Kier molecular flexibility index (Phi) is 7.27. The second-order valence-corrected chi connectivity index (χ2v) is 16.3. The third-order valence-electron chi connectivity index (χ3n) is 12.7. The molecule has 1 aliphatic carbocycles. The van der Waals surface area contributed by atoms with Gasteiger partial charge in [-0.3, -0.25) is 0 Å². The molecule has 0 spiro atoms. The maximum Gasteiger partial charge on any atom is 0.0795 e. The summed E-state index contributed by atoms with van der Waals surface area (Å²) in [6.07, 6.45) is 0. The molecule has 8 aromatic carbocycles. The molecule has 0 unspecified atom stereocenters. The molecule has 0 fully saturated rings. The lowest BCUT2D eigenvalue weighted by molar-refractivity contribution is 0.667. The van der Waals surface area contributed by atoms with E-state index < -0.39 is 0 Å². The van der Waals surface area contributed by atoms with Gasteiger partial charge in [-0.05, 0) is 81.9 Å². The maximum absolute atomic E-state index is 5.27. The average molecular weight is 754 g/mol.